The molecule has 0 saturated carbocycles. The number of aliphatic hydroxyl groups is 1. The second kappa shape index (κ2) is 6.41. The van der Waals surface area contributed by atoms with Gasteiger partial charge in [0.2, 0.25) is 5.88 Å². The molecular weight excluding hydrogens is 266 g/mol. The van der Waals surface area contributed by atoms with Gasteiger partial charge in [0.05, 0.1) is 13.2 Å². The molecule has 0 aliphatic heterocycles. The Balaban J connectivity index is 2.26. The Morgan fingerprint density at radius 2 is 2.00 bits per heavy atom. The van der Waals surface area contributed by atoms with Crippen LogP contribution in [0.5, 0.6) is 17.4 Å². The second-order valence-corrected chi connectivity index (χ2v) is 4.18. The van der Waals surface area contributed by atoms with Crippen LogP contribution in [-0.4, -0.2) is 16.7 Å². The number of hydrogen-bond acceptors (Lipinski definition) is 4. The van der Waals surface area contributed by atoms with Crippen LogP contribution < -0.4 is 9.47 Å². The smallest absolute Gasteiger partial charge is 0.238 e. The van der Waals surface area contributed by atoms with Crippen LogP contribution in [0.2, 0.25) is 5.02 Å². The molecule has 0 radical (unpaired) electrons. The summed E-state index contributed by atoms with van der Waals surface area (Å²) in [6.07, 6.45) is 1.52. The summed E-state index contributed by atoms with van der Waals surface area (Å²) in [6.45, 7) is 2.34. The van der Waals surface area contributed by atoms with Crippen LogP contribution in [-0.2, 0) is 6.61 Å². The normalized spacial score (nSPS) is 10.3. The summed E-state index contributed by atoms with van der Waals surface area (Å²) in [5.74, 6) is 1.47. The van der Waals surface area contributed by atoms with Gasteiger partial charge in [0.1, 0.15) is 5.02 Å². The lowest BCUT2D eigenvalue weighted by molar-refractivity contribution is 0.281. The van der Waals surface area contributed by atoms with Crippen molar-refractivity contribution in [3.05, 3.63) is 47.1 Å². The monoisotopic (exact) mass is 279 g/mol. The maximum Gasteiger partial charge on any atom is 0.238 e. The van der Waals surface area contributed by atoms with Gasteiger partial charge in [0.15, 0.2) is 11.5 Å². The zero-order chi connectivity index (χ0) is 13.7. The van der Waals surface area contributed by atoms with Crippen molar-refractivity contribution < 1.29 is 14.6 Å². The standard InChI is InChI=1S/C14H14ClNO3/c1-2-18-12-5-3-4-6-13(12)19-14-11(15)7-10(9-17)8-16-14/h3-8,17H,2,9H2,1H3. The third-order valence-corrected chi connectivity index (χ3v) is 2.67. The van der Waals surface area contributed by atoms with Crippen molar-refractivity contribution in [3.63, 3.8) is 0 Å². The first-order valence-corrected chi connectivity index (χ1v) is 6.27. The van der Waals surface area contributed by atoms with E-state index >= 15 is 0 Å². The fourth-order valence-electron chi connectivity index (χ4n) is 1.54. The van der Waals surface area contributed by atoms with Crippen LogP contribution in [0.25, 0.3) is 0 Å². The number of para-hydroxylation sites is 2. The van der Waals surface area contributed by atoms with Gasteiger partial charge in [-0.3, -0.25) is 0 Å². The van der Waals surface area contributed by atoms with Crippen molar-refractivity contribution in [2.24, 2.45) is 0 Å². The molecule has 2 aromatic rings. The fraction of sp³-hybridized carbons (Fsp3) is 0.214. The van der Waals surface area contributed by atoms with Crippen LogP contribution in [0.4, 0.5) is 0 Å². The van der Waals surface area contributed by atoms with E-state index in [1.165, 1.54) is 6.20 Å². The second-order valence-electron chi connectivity index (χ2n) is 3.77. The van der Waals surface area contributed by atoms with Crippen molar-refractivity contribution in [1.29, 1.82) is 0 Å². The number of benzene rings is 1. The minimum absolute atomic E-state index is 0.109. The van der Waals surface area contributed by atoms with Crippen LogP contribution in [0.15, 0.2) is 36.5 Å². The fourth-order valence-corrected chi connectivity index (χ4v) is 1.77. The maximum absolute atomic E-state index is 9.00. The highest BCUT2D eigenvalue weighted by atomic mass is 35.5. The molecule has 0 aliphatic rings. The number of rotatable bonds is 5. The molecule has 0 unspecified atom stereocenters. The van der Waals surface area contributed by atoms with Crippen LogP contribution in [0.1, 0.15) is 12.5 Å². The van der Waals surface area contributed by atoms with E-state index in [1.807, 2.05) is 25.1 Å². The number of nitrogens with zero attached hydrogens (tertiary/aromatic N) is 1. The third-order valence-electron chi connectivity index (χ3n) is 2.40. The lowest BCUT2D eigenvalue weighted by Gasteiger charge is -2.11. The SMILES string of the molecule is CCOc1ccccc1Oc1ncc(CO)cc1Cl. The summed E-state index contributed by atoms with van der Waals surface area (Å²) < 4.78 is 11.1. The minimum atomic E-state index is -0.109. The highest BCUT2D eigenvalue weighted by Gasteiger charge is 2.09. The molecular formula is C14H14ClNO3. The summed E-state index contributed by atoms with van der Waals surface area (Å²) in [5, 5.41) is 9.34. The van der Waals surface area contributed by atoms with Gasteiger partial charge >= 0.3 is 0 Å². The molecule has 1 aromatic carbocycles. The molecule has 0 spiro atoms. The molecule has 0 amide bonds. The predicted octanol–water partition coefficient (Wildman–Crippen LogP) is 3.42. The molecule has 0 bridgehead atoms. The molecule has 0 fully saturated rings. The Morgan fingerprint density at radius 3 is 2.63 bits per heavy atom. The molecule has 0 aliphatic carbocycles. The molecule has 1 heterocycles. The van der Waals surface area contributed by atoms with Gasteiger partial charge in [-0.05, 0) is 30.7 Å². The van der Waals surface area contributed by atoms with E-state index in [1.54, 1.807) is 12.1 Å². The van der Waals surface area contributed by atoms with E-state index in [4.69, 9.17) is 26.2 Å². The van der Waals surface area contributed by atoms with E-state index in [0.717, 1.165) is 0 Å². The van der Waals surface area contributed by atoms with Crippen molar-refractivity contribution in [3.8, 4) is 17.4 Å². The van der Waals surface area contributed by atoms with Crippen LogP contribution in [0.3, 0.4) is 0 Å². The number of aliphatic hydroxyl groups excluding tert-OH is 1. The first kappa shape index (κ1) is 13.6. The minimum Gasteiger partial charge on any atom is -0.490 e. The van der Waals surface area contributed by atoms with Crippen molar-refractivity contribution >= 4 is 11.6 Å². The van der Waals surface area contributed by atoms with Crippen molar-refractivity contribution in [2.75, 3.05) is 6.61 Å². The lowest BCUT2D eigenvalue weighted by atomic mass is 10.3. The highest BCUT2D eigenvalue weighted by Crippen LogP contribution is 2.33. The summed E-state index contributed by atoms with van der Waals surface area (Å²) >= 11 is 6.05. The molecule has 1 N–H and O–H groups in total. The zero-order valence-electron chi connectivity index (χ0n) is 10.5. The van der Waals surface area contributed by atoms with E-state index < -0.39 is 0 Å². The first-order chi connectivity index (χ1) is 9.24. The molecule has 2 rings (SSSR count). The van der Waals surface area contributed by atoms with E-state index in [9.17, 15) is 0 Å². The zero-order valence-corrected chi connectivity index (χ0v) is 11.2. The van der Waals surface area contributed by atoms with Crippen LogP contribution in [0, 0.1) is 0 Å². The number of ether oxygens (including phenoxy) is 2. The quantitative estimate of drug-likeness (QED) is 0.911. The molecule has 0 saturated heterocycles. The Morgan fingerprint density at radius 1 is 1.26 bits per heavy atom. The van der Waals surface area contributed by atoms with Gasteiger partial charge < -0.3 is 14.6 Å². The largest absolute Gasteiger partial charge is 0.490 e. The Bertz CT molecular complexity index is 560. The number of hydrogen-bond donors (Lipinski definition) is 1. The van der Waals surface area contributed by atoms with E-state index in [-0.39, 0.29) is 12.5 Å². The molecule has 4 nitrogen and oxygen atoms in total. The van der Waals surface area contributed by atoms with Gasteiger partial charge in [0, 0.05) is 6.20 Å². The summed E-state index contributed by atoms with van der Waals surface area (Å²) in [7, 11) is 0. The molecule has 1 aromatic heterocycles. The predicted molar refractivity (Wildman–Crippen MR) is 72.9 cm³/mol. The maximum atomic E-state index is 9.00. The molecule has 100 valence electrons. The van der Waals surface area contributed by atoms with Gasteiger partial charge in [-0.15, -0.1) is 0 Å². The van der Waals surface area contributed by atoms with E-state index in [2.05, 4.69) is 4.98 Å². The molecule has 19 heavy (non-hydrogen) atoms. The number of halogens is 1. The number of aromatic nitrogens is 1. The van der Waals surface area contributed by atoms with Gasteiger partial charge in [0.25, 0.3) is 0 Å². The Kier molecular flexibility index (Phi) is 4.60. The van der Waals surface area contributed by atoms with Gasteiger partial charge in [-0.25, -0.2) is 4.98 Å². The molecule has 5 heteroatoms. The molecule has 0 atom stereocenters. The Hall–Kier alpha value is -1.78. The van der Waals surface area contributed by atoms with Gasteiger partial charge in [-0.2, -0.15) is 0 Å². The van der Waals surface area contributed by atoms with Crippen molar-refractivity contribution in [2.45, 2.75) is 13.5 Å². The average Bonchev–Trinajstić information content (AvgIpc) is 2.43. The Labute approximate surface area is 116 Å². The highest BCUT2D eigenvalue weighted by molar-refractivity contribution is 6.31. The summed E-state index contributed by atoms with van der Waals surface area (Å²) in [6, 6.07) is 8.92. The summed E-state index contributed by atoms with van der Waals surface area (Å²) in [4.78, 5) is 4.08. The number of pyridine rings is 1. The topological polar surface area (TPSA) is 51.6 Å². The lowest BCUT2D eigenvalue weighted by Crippen LogP contribution is -1.96. The summed E-state index contributed by atoms with van der Waals surface area (Å²) in [5.41, 5.74) is 0.635. The van der Waals surface area contributed by atoms with Crippen LogP contribution >= 0.6 is 11.6 Å². The van der Waals surface area contributed by atoms with Crippen molar-refractivity contribution in [1.82, 2.24) is 4.98 Å². The first-order valence-electron chi connectivity index (χ1n) is 5.89. The van der Waals surface area contributed by atoms with Gasteiger partial charge in [-0.1, -0.05) is 23.7 Å². The van der Waals surface area contributed by atoms with E-state index in [0.29, 0.717) is 28.7 Å². The third kappa shape index (κ3) is 3.36. The average molecular weight is 280 g/mol.